The standard InChI is InChI=1S/C18H26FNO3/c1-21-13-15-11-14(4-5-17(15)19)12-20-16-3-2-7-18(8-6-16)22-9-10-23-18/h4-5,11,16,20H,2-3,6-10,12-13H2,1H3. The van der Waals surface area contributed by atoms with Crippen molar-refractivity contribution in [2.24, 2.45) is 0 Å². The molecule has 1 saturated heterocycles. The predicted octanol–water partition coefficient (Wildman–Crippen LogP) is 3.14. The van der Waals surface area contributed by atoms with E-state index in [4.69, 9.17) is 14.2 Å². The molecule has 3 rings (SSSR count). The van der Waals surface area contributed by atoms with Crippen LogP contribution >= 0.6 is 0 Å². The van der Waals surface area contributed by atoms with Gasteiger partial charge in [-0.25, -0.2) is 4.39 Å². The zero-order valence-electron chi connectivity index (χ0n) is 13.8. The number of benzene rings is 1. The molecule has 0 amide bonds. The zero-order chi connectivity index (χ0) is 16.1. The highest BCUT2D eigenvalue weighted by molar-refractivity contribution is 5.24. The second kappa shape index (κ2) is 7.71. The Labute approximate surface area is 137 Å². The molecule has 1 atom stereocenters. The molecule has 128 valence electrons. The molecule has 1 spiro atoms. The van der Waals surface area contributed by atoms with Gasteiger partial charge in [0.15, 0.2) is 5.79 Å². The van der Waals surface area contributed by atoms with Crippen LogP contribution in [0.4, 0.5) is 4.39 Å². The third kappa shape index (κ3) is 4.29. The number of rotatable bonds is 5. The number of halogens is 1. The van der Waals surface area contributed by atoms with E-state index in [1.165, 1.54) is 6.07 Å². The van der Waals surface area contributed by atoms with E-state index in [-0.39, 0.29) is 11.6 Å². The topological polar surface area (TPSA) is 39.7 Å². The van der Waals surface area contributed by atoms with E-state index in [2.05, 4.69) is 5.32 Å². The van der Waals surface area contributed by atoms with E-state index in [1.54, 1.807) is 7.11 Å². The van der Waals surface area contributed by atoms with E-state index in [0.717, 1.165) is 57.4 Å². The van der Waals surface area contributed by atoms with Crippen molar-refractivity contribution in [1.82, 2.24) is 5.32 Å². The average Bonchev–Trinajstić information content (AvgIpc) is 2.91. The molecule has 1 aliphatic heterocycles. The molecule has 0 aromatic heterocycles. The smallest absolute Gasteiger partial charge is 0.168 e. The molecule has 1 heterocycles. The second-order valence-electron chi connectivity index (χ2n) is 6.48. The molecule has 23 heavy (non-hydrogen) atoms. The summed E-state index contributed by atoms with van der Waals surface area (Å²) in [5.41, 5.74) is 1.70. The van der Waals surface area contributed by atoms with Gasteiger partial charge in [-0.3, -0.25) is 0 Å². The highest BCUT2D eigenvalue weighted by Gasteiger charge is 2.38. The first-order valence-electron chi connectivity index (χ1n) is 8.48. The fourth-order valence-corrected chi connectivity index (χ4v) is 3.54. The molecule has 1 saturated carbocycles. The van der Waals surface area contributed by atoms with E-state index >= 15 is 0 Å². The molecule has 4 nitrogen and oxygen atoms in total. The molecule has 1 N–H and O–H groups in total. The van der Waals surface area contributed by atoms with Gasteiger partial charge in [0.2, 0.25) is 0 Å². The van der Waals surface area contributed by atoms with Crippen LogP contribution in [-0.2, 0) is 27.4 Å². The minimum atomic E-state index is -0.321. The zero-order valence-corrected chi connectivity index (χ0v) is 13.8. The molecule has 1 aromatic carbocycles. The van der Waals surface area contributed by atoms with Crippen molar-refractivity contribution in [2.75, 3.05) is 20.3 Å². The van der Waals surface area contributed by atoms with Crippen LogP contribution in [0.2, 0.25) is 0 Å². The van der Waals surface area contributed by atoms with Crippen molar-refractivity contribution in [1.29, 1.82) is 0 Å². The van der Waals surface area contributed by atoms with Crippen molar-refractivity contribution in [2.45, 2.75) is 57.1 Å². The maximum atomic E-state index is 13.6. The summed E-state index contributed by atoms with van der Waals surface area (Å²) in [4.78, 5) is 0. The maximum Gasteiger partial charge on any atom is 0.168 e. The Morgan fingerprint density at radius 3 is 2.87 bits per heavy atom. The summed E-state index contributed by atoms with van der Waals surface area (Å²) in [5.74, 6) is -0.527. The number of ether oxygens (including phenoxy) is 3. The van der Waals surface area contributed by atoms with Crippen molar-refractivity contribution >= 4 is 0 Å². The minimum absolute atomic E-state index is 0.206. The van der Waals surface area contributed by atoms with Crippen LogP contribution in [0.3, 0.4) is 0 Å². The van der Waals surface area contributed by atoms with Gasteiger partial charge < -0.3 is 19.5 Å². The van der Waals surface area contributed by atoms with E-state index in [9.17, 15) is 4.39 Å². The van der Waals surface area contributed by atoms with Crippen LogP contribution < -0.4 is 5.32 Å². The fourth-order valence-electron chi connectivity index (χ4n) is 3.54. The SMILES string of the molecule is COCc1cc(CNC2CCCC3(CC2)OCCO3)ccc1F. The molecule has 1 aliphatic carbocycles. The number of hydrogen-bond donors (Lipinski definition) is 1. The third-order valence-electron chi connectivity index (χ3n) is 4.80. The maximum absolute atomic E-state index is 13.6. The Hall–Kier alpha value is -1.01. The Balaban J connectivity index is 1.53. The van der Waals surface area contributed by atoms with Crippen LogP contribution in [0, 0.1) is 5.82 Å². The van der Waals surface area contributed by atoms with Crippen LogP contribution in [0.1, 0.15) is 43.2 Å². The van der Waals surface area contributed by atoms with E-state index < -0.39 is 0 Å². The lowest BCUT2D eigenvalue weighted by atomic mass is 10.1. The van der Waals surface area contributed by atoms with Crippen LogP contribution in [0.5, 0.6) is 0 Å². The van der Waals surface area contributed by atoms with Gasteiger partial charge >= 0.3 is 0 Å². The Kier molecular flexibility index (Phi) is 5.64. The van der Waals surface area contributed by atoms with Gasteiger partial charge in [0, 0.05) is 38.1 Å². The molecule has 0 bridgehead atoms. The van der Waals surface area contributed by atoms with Gasteiger partial charge in [-0.05, 0) is 37.0 Å². The first-order valence-corrected chi connectivity index (χ1v) is 8.48. The summed E-state index contributed by atoms with van der Waals surface area (Å²) in [6.07, 6.45) is 5.21. The van der Waals surface area contributed by atoms with Gasteiger partial charge in [-0.2, -0.15) is 0 Å². The summed E-state index contributed by atoms with van der Waals surface area (Å²) < 4.78 is 30.3. The quantitative estimate of drug-likeness (QED) is 0.904. The monoisotopic (exact) mass is 323 g/mol. The van der Waals surface area contributed by atoms with Crippen LogP contribution in [0.15, 0.2) is 18.2 Å². The average molecular weight is 323 g/mol. The molecular formula is C18H26FNO3. The first-order chi connectivity index (χ1) is 11.2. The molecular weight excluding hydrogens is 297 g/mol. The predicted molar refractivity (Wildman–Crippen MR) is 85.5 cm³/mol. The van der Waals surface area contributed by atoms with Crippen LogP contribution in [0.25, 0.3) is 0 Å². The van der Waals surface area contributed by atoms with E-state index in [0.29, 0.717) is 18.2 Å². The highest BCUT2D eigenvalue weighted by Crippen LogP contribution is 2.34. The van der Waals surface area contributed by atoms with Crippen molar-refractivity contribution < 1.29 is 18.6 Å². The molecule has 5 heteroatoms. The summed E-state index contributed by atoms with van der Waals surface area (Å²) >= 11 is 0. The van der Waals surface area contributed by atoms with E-state index in [1.807, 2.05) is 12.1 Å². The molecule has 2 fully saturated rings. The van der Waals surface area contributed by atoms with Gasteiger partial charge in [-0.15, -0.1) is 0 Å². The second-order valence-corrected chi connectivity index (χ2v) is 6.48. The summed E-state index contributed by atoms with van der Waals surface area (Å²) in [6, 6.07) is 5.70. The Morgan fingerprint density at radius 1 is 1.26 bits per heavy atom. The fraction of sp³-hybridized carbons (Fsp3) is 0.667. The lowest BCUT2D eigenvalue weighted by Crippen LogP contribution is -2.31. The van der Waals surface area contributed by atoms with Crippen molar-refractivity contribution in [3.05, 3.63) is 35.1 Å². The molecule has 1 aromatic rings. The lowest BCUT2D eigenvalue weighted by Gasteiger charge is -2.25. The highest BCUT2D eigenvalue weighted by atomic mass is 19.1. The largest absolute Gasteiger partial charge is 0.380 e. The number of methoxy groups -OCH3 is 1. The third-order valence-corrected chi connectivity index (χ3v) is 4.80. The Morgan fingerprint density at radius 2 is 2.09 bits per heavy atom. The van der Waals surface area contributed by atoms with Gasteiger partial charge in [0.25, 0.3) is 0 Å². The van der Waals surface area contributed by atoms with Gasteiger partial charge in [0.1, 0.15) is 5.82 Å². The van der Waals surface area contributed by atoms with Crippen molar-refractivity contribution in [3.8, 4) is 0 Å². The Bertz CT molecular complexity index is 517. The lowest BCUT2D eigenvalue weighted by molar-refractivity contribution is -0.165. The molecule has 2 aliphatic rings. The minimum Gasteiger partial charge on any atom is -0.380 e. The molecule has 1 unspecified atom stereocenters. The van der Waals surface area contributed by atoms with Crippen LogP contribution in [-0.4, -0.2) is 32.2 Å². The number of nitrogens with one attached hydrogen (secondary N) is 1. The molecule has 0 radical (unpaired) electrons. The first kappa shape index (κ1) is 16.8. The number of hydrogen-bond acceptors (Lipinski definition) is 4. The van der Waals surface area contributed by atoms with Gasteiger partial charge in [-0.1, -0.05) is 6.07 Å². The summed E-state index contributed by atoms with van der Waals surface area (Å²) in [5, 5.41) is 3.60. The normalized spacial score (nSPS) is 24.0. The van der Waals surface area contributed by atoms with Gasteiger partial charge in [0.05, 0.1) is 19.8 Å². The summed E-state index contributed by atoms with van der Waals surface area (Å²) in [6.45, 7) is 2.49. The summed E-state index contributed by atoms with van der Waals surface area (Å²) in [7, 11) is 1.58. The van der Waals surface area contributed by atoms with Crippen molar-refractivity contribution in [3.63, 3.8) is 0 Å².